The molecule has 0 spiro atoms. The van der Waals surface area contributed by atoms with Gasteiger partial charge < -0.3 is 19.5 Å². The van der Waals surface area contributed by atoms with Crippen LogP contribution in [0.1, 0.15) is 47.3 Å². The number of rotatable bonds is 12. The third-order valence-electron chi connectivity index (χ3n) is 6.85. The van der Waals surface area contributed by atoms with Gasteiger partial charge in [0.25, 0.3) is 0 Å². The van der Waals surface area contributed by atoms with Crippen molar-refractivity contribution >= 4 is 11.9 Å². The molecule has 1 amide bonds. The molecule has 196 valence electrons. The molecule has 2 aliphatic rings. The number of pyridine rings is 1. The lowest BCUT2D eigenvalue weighted by molar-refractivity contribution is -0.145. The molecule has 0 unspecified atom stereocenters. The highest BCUT2D eigenvalue weighted by Gasteiger charge is 2.31. The molecule has 37 heavy (non-hydrogen) atoms. The van der Waals surface area contributed by atoms with E-state index in [9.17, 15) is 14.7 Å². The summed E-state index contributed by atoms with van der Waals surface area (Å²) in [5, 5.41) is 12.8. The van der Waals surface area contributed by atoms with E-state index in [0.29, 0.717) is 38.3 Å². The number of amides is 1. The fourth-order valence-electron chi connectivity index (χ4n) is 4.96. The van der Waals surface area contributed by atoms with E-state index in [2.05, 4.69) is 22.2 Å². The molecular formula is C27H33N5O5. The van der Waals surface area contributed by atoms with Gasteiger partial charge in [0.05, 0.1) is 32.2 Å². The first-order valence-corrected chi connectivity index (χ1v) is 12.8. The highest BCUT2D eigenvalue weighted by molar-refractivity contribution is 5.84. The van der Waals surface area contributed by atoms with Gasteiger partial charge in [0, 0.05) is 42.4 Å². The smallest absolute Gasteiger partial charge is 0.304 e. The van der Waals surface area contributed by atoms with Crippen LogP contribution in [0.15, 0.2) is 35.4 Å². The second-order valence-electron chi connectivity index (χ2n) is 9.47. The SMILES string of the molecule is [N-]=[N+]=NCCOCCN1Cc2cc(OCCc3ccc4c(n3)CCCC4)ccc2C[C@@H](CC(=O)O)C1=O. The number of aryl methyl sites for hydroxylation is 2. The van der Waals surface area contributed by atoms with Crippen molar-refractivity contribution in [3.8, 4) is 5.75 Å². The van der Waals surface area contributed by atoms with E-state index in [1.807, 2.05) is 18.2 Å². The third-order valence-corrected chi connectivity index (χ3v) is 6.85. The van der Waals surface area contributed by atoms with Crippen molar-refractivity contribution in [2.24, 2.45) is 11.0 Å². The summed E-state index contributed by atoms with van der Waals surface area (Å²) in [4.78, 5) is 33.7. The number of azide groups is 1. The van der Waals surface area contributed by atoms with Crippen LogP contribution in [0.5, 0.6) is 5.75 Å². The zero-order valence-corrected chi connectivity index (χ0v) is 21.0. The molecule has 0 radical (unpaired) electrons. The Morgan fingerprint density at radius 3 is 2.81 bits per heavy atom. The van der Waals surface area contributed by atoms with Gasteiger partial charge in [-0.25, -0.2) is 0 Å². The van der Waals surface area contributed by atoms with E-state index >= 15 is 0 Å². The number of carbonyl (C=O) groups excluding carboxylic acids is 1. The minimum Gasteiger partial charge on any atom is -0.493 e. The summed E-state index contributed by atoms with van der Waals surface area (Å²) in [6.07, 6.45) is 5.45. The lowest BCUT2D eigenvalue weighted by atomic mass is 9.94. The Labute approximate surface area is 216 Å². The van der Waals surface area contributed by atoms with Gasteiger partial charge in [0.1, 0.15) is 5.75 Å². The van der Waals surface area contributed by atoms with Gasteiger partial charge in [-0.05, 0) is 72.5 Å². The standard InChI is InChI=1S/C27H33N5O5/c28-31-29-10-13-36-14-11-32-18-22-16-24(8-6-20(22)15-21(27(32)35)17-26(33)34)37-12-9-23-7-5-19-3-1-2-4-25(19)30-23/h5-8,16,21H,1-4,9-15,17-18H2,(H,33,34)/t21-/m0/s1. The Bertz CT molecular complexity index is 1160. The zero-order chi connectivity index (χ0) is 26.0. The van der Waals surface area contributed by atoms with E-state index < -0.39 is 11.9 Å². The summed E-state index contributed by atoms with van der Waals surface area (Å²) in [6.45, 7) is 1.92. The van der Waals surface area contributed by atoms with Crippen molar-refractivity contribution in [2.45, 2.75) is 51.5 Å². The molecule has 0 fully saturated rings. The summed E-state index contributed by atoms with van der Waals surface area (Å²) in [7, 11) is 0. The molecule has 1 aromatic carbocycles. The lowest BCUT2D eigenvalue weighted by Crippen LogP contribution is -2.37. The fourth-order valence-corrected chi connectivity index (χ4v) is 4.96. The Kier molecular flexibility index (Phi) is 9.35. The maximum absolute atomic E-state index is 13.1. The minimum atomic E-state index is -0.997. The van der Waals surface area contributed by atoms with Crippen LogP contribution >= 0.6 is 0 Å². The Hall–Kier alpha value is -3.62. The largest absolute Gasteiger partial charge is 0.493 e. The number of nitrogens with zero attached hydrogens (tertiary/aromatic N) is 5. The number of benzene rings is 1. The molecule has 2 heterocycles. The maximum atomic E-state index is 13.1. The number of aliphatic carboxylic acids is 1. The van der Waals surface area contributed by atoms with Crippen LogP contribution in [-0.2, 0) is 46.6 Å². The number of hydrogen-bond donors (Lipinski definition) is 1. The van der Waals surface area contributed by atoms with Crippen LogP contribution in [0, 0.1) is 5.92 Å². The quantitative estimate of drug-likeness (QED) is 0.200. The average molecular weight is 508 g/mol. The molecule has 1 N–H and O–H groups in total. The lowest BCUT2D eigenvalue weighted by Gasteiger charge is -2.24. The number of carboxylic acids is 1. The van der Waals surface area contributed by atoms with E-state index in [1.165, 1.54) is 24.1 Å². The van der Waals surface area contributed by atoms with Gasteiger partial charge in [-0.1, -0.05) is 17.2 Å². The molecule has 4 rings (SSSR count). The molecule has 1 aliphatic heterocycles. The Morgan fingerprint density at radius 2 is 1.97 bits per heavy atom. The number of fused-ring (bicyclic) bond motifs is 2. The van der Waals surface area contributed by atoms with Crippen molar-refractivity contribution in [3.63, 3.8) is 0 Å². The van der Waals surface area contributed by atoms with Crippen molar-refractivity contribution < 1.29 is 24.2 Å². The van der Waals surface area contributed by atoms with Gasteiger partial charge in [-0.2, -0.15) is 0 Å². The van der Waals surface area contributed by atoms with E-state index in [0.717, 1.165) is 29.7 Å². The average Bonchev–Trinajstić information content (AvgIpc) is 3.02. The molecule has 2 aromatic rings. The highest BCUT2D eigenvalue weighted by atomic mass is 16.5. The zero-order valence-electron chi connectivity index (χ0n) is 21.0. The topological polar surface area (TPSA) is 138 Å². The Balaban J connectivity index is 1.39. The first-order valence-electron chi connectivity index (χ1n) is 12.8. The molecule has 1 aromatic heterocycles. The number of ether oxygens (including phenoxy) is 2. The Morgan fingerprint density at radius 1 is 1.14 bits per heavy atom. The number of carboxylic acid groups (broad SMARTS) is 1. The molecule has 0 bridgehead atoms. The third kappa shape index (κ3) is 7.44. The van der Waals surface area contributed by atoms with Crippen LogP contribution in [0.3, 0.4) is 0 Å². The number of carbonyl (C=O) groups is 2. The van der Waals surface area contributed by atoms with Crippen LogP contribution < -0.4 is 4.74 Å². The summed E-state index contributed by atoms with van der Waals surface area (Å²) in [5.74, 6) is -1.11. The van der Waals surface area contributed by atoms with Crippen molar-refractivity contribution in [1.82, 2.24) is 9.88 Å². The predicted molar refractivity (Wildman–Crippen MR) is 136 cm³/mol. The molecule has 10 heteroatoms. The van der Waals surface area contributed by atoms with Crippen LogP contribution in [-0.4, -0.2) is 59.8 Å². The van der Waals surface area contributed by atoms with Crippen LogP contribution in [0.4, 0.5) is 0 Å². The molecular weight excluding hydrogens is 474 g/mol. The summed E-state index contributed by atoms with van der Waals surface area (Å²) in [5.41, 5.74) is 13.9. The monoisotopic (exact) mass is 507 g/mol. The fraction of sp³-hybridized carbons (Fsp3) is 0.519. The van der Waals surface area contributed by atoms with Gasteiger partial charge in [0.2, 0.25) is 5.91 Å². The van der Waals surface area contributed by atoms with E-state index in [-0.39, 0.29) is 32.1 Å². The second-order valence-corrected chi connectivity index (χ2v) is 9.47. The first-order chi connectivity index (χ1) is 18.0. The number of hydrogen-bond acceptors (Lipinski definition) is 6. The van der Waals surface area contributed by atoms with Gasteiger partial charge in [-0.3, -0.25) is 14.6 Å². The van der Waals surface area contributed by atoms with Crippen molar-refractivity contribution in [2.75, 3.05) is 32.9 Å². The maximum Gasteiger partial charge on any atom is 0.304 e. The van der Waals surface area contributed by atoms with E-state index in [4.69, 9.17) is 20.0 Å². The molecule has 1 atom stereocenters. The highest BCUT2D eigenvalue weighted by Crippen LogP contribution is 2.28. The molecule has 0 saturated carbocycles. The number of aromatic nitrogens is 1. The minimum absolute atomic E-state index is 0.196. The molecule has 0 saturated heterocycles. The summed E-state index contributed by atoms with van der Waals surface area (Å²) in [6, 6.07) is 10.0. The van der Waals surface area contributed by atoms with Crippen LogP contribution in [0.25, 0.3) is 10.4 Å². The van der Waals surface area contributed by atoms with Gasteiger partial charge >= 0.3 is 5.97 Å². The van der Waals surface area contributed by atoms with Crippen molar-refractivity contribution in [1.29, 1.82) is 0 Å². The van der Waals surface area contributed by atoms with Crippen molar-refractivity contribution in [3.05, 3.63) is 68.9 Å². The summed E-state index contributed by atoms with van der Waals surface area (Å²) >= 11 is 0. The molecule has 10 nitrogen and oxygen atoms in total. The normalized spacial score (nSPS) is 16.8. The van der Waals surface area contributed by atoms with E-state index in [1.54, 1.807) is 4.90 Å². The van der Waals surface area contributed by atoms with Crippen LogP contribution in [0.2, 0.25) is 0 Å². The van der Waals surface area contributed by atoms with Gasteiger partial charge in [-0.15, -0.1) is 0 Å². The van der Waals surface area contributed by atoms with Gasteiger partial charge in [0.15, 0.2) is 0 Å². The second kappa shape index (κ2) is 13.1. The summed E-state index contributed by atoms with van der Waals surface area (Å²) < 4.78 is 11.5. The first kappa shape index (κ1) is 26.4. The predicted octanol–water partition coefficient (Wildman–Crippen LogP) is 3.88. The molecule has 1 aliphatic carbocycles.